The summed E-state index contributed by atoms with van der Waals surface area (Å²) in [6, 6.07) is 8.34. The first-order valence-electron chi connectivity index (χ1n) is 9.31. The normalized spacial score (nSPS) is 10.8. The third-order valence-corrected chi connectivity index (χ3v) is 5.64. The van der Waals surface area contributed by atoms with Crippen LogP contribution in [0.5, 0.6) is 5.75 Å². The van der Waals surface area contributed by atoms with E-state index in [1.165, 1.54) is 17.0 Å². The van der Waals surface area contributed by atoms with Gasteiger partial charge in [-0.25, -0.2) is 4.79 Å². The Hall–Kier alpha value is -2.84. The van der Waals surface area contributed by atoms with Gasteiger partial charge in [-0.2, -0.15) is 0 Å². The second kappa shape index (κ2) is 9.77. The average Bonchev–Trinajstić information content (AvgIpc) is 3.23. The highest BCUT2D eigenvalue weighted by molar-refractivity contribution is 7.09. The number of fused-ring (bicyclic) bond motifs is 1. The lowest BCUT2D eigenvalue weighted by atomic mass is 10.1. The van der Waals surface area contributed by atoms with Crippen LogP contribution in [0.1, 0.15) is 17.4 Å². The van der Waals surface area contributed by atoms with Gasteiger partial charge in [-0.3, -0.25) is 9.59 Å². The minimum absolute atomic E-state index is 0.0659. The number of carbonyl (C=O) groups excluding carboxylic acids is 2. The van der Waals surface area contributed by atoms with E-state index in [1.54, 1.807) is 31.3 Å². The van der Waals surface area contributed by atoms with E-state index in [-0.39, 0.29) is 30.7 Å². The fourth-order valence-electron chi connectivity index (χ4n) is 2.87. The van der Waals surface area contributed by atoms with Crippen molar-refractivity contribution in [2.75, 3.05) is 19.7 Å². The molecule has 0 unspecified atom stereocenters. The van der Waals surface area contributed by atoms with Crippen molar-refractivity contribution in [3.05, 3.63) is 61.6 Å². The fourth-order valence-corrected chi connectivity index (χ4v) is 3.73. The molecule has 0 aliphatic carbocycles. The molecule has 0 saturated carbocycles. The predicted molar refractivity (Wildman–Crippen MR) is 116 cm³/mol. The van der Waals surface area contributed by atoms with Crippen LogP contribution >= 0.6 is 22.9 Å². The molecule has 3 aromatic rings. The molecule has 0 saturated heterocycles. The zero-order valence-corrected chi connectivity index (χ0v) is 18.1. The van der Waals surface area contributed by atoms with Crippen LogP contribution in [0, 0.1) is 6.92 Å². The van der Waals surface area contributed by atoms with Crippen LogP contribution in [0.15, 0.2) is 44.9 Å². The lowest BCUT2D eigenvalue weighted by Gasteiger charge is -2.20. The van der Waals surface area contributed by atoms with Gasteiger partial charge in [0.1, 0.15) is 11.3 Å². The highest BCUT2D eigenvalue weighted by Crippen LogP contribution is 2.31. The van der Waals surface area contributed by atoms with Crippen molar-refractivity contribution in [1.29, 1.82) is 0 Å². The van der Waals surface area contributed by atoms with Crippen LogP contribution in [-0.2, 0) is 16.1 Å². The van der Waals surface area contributed by atoms with Crippen molar-refractivity contribution in [1.82, 2.24) is 10.2 Å². The average molecular weight is 449 g/mol. The molecule has 0 aliphatic heterocycles. The van der Waals surface area contributed by atoms with Crippen molar-refractivity contribution in [3.8, 4) is 5.75 Å². The fraction of sp³-hybridized carbons (Fsp3) is 0.286. The van der Waals surface area contributed by atoms with Gasteiger partial charge in [0.2, 0.25) is 5.91 Å². The highest BCUT2D eigenvalue weighted by Gasteiger charge is 2.17. The number of ether oxygens (including phenoxy) is 1. The first kappa shape index (κ1) is 21.9. The Morgan fingerprint density at radius 2 is 2.10 bits per heavy atom. The number of aryl methyl sites for hydroxylation is 1. The van der Waals surface area contributed by atoms with Crippen LogP contribution in [0.3, 0.4) is 0 Å². The molecular formula is C21H21ClN2O5S. The number of carbonyl (C=O) groups is 2. The molecule has 2 amide bonds. The SMILES string of the molecule is CCN(CC(=O)NCc1cccs1)C(=O)COc1cc2oc(=O)cc(C)c2cc1Cl. The molecule has 7 nitrogen and oxygen atoms in total. The highest BCUT2D eigenvalue weighted by atomic mass is 35.5. The van der Waals surface area contributed by atoms with Crippen molar-refractivity contribution < 1.29 is 18.7 Å². The zero-order valence-electron chi connectivity index (χ0n) is 16.6. The van der Waals surface area contributed by atoms with E-state index >= 15 is 0 Å². The van der Waals surface area contributed by atoms with E-state index in [0.29, 0.717) is 29.1 Å². The predicted octanol–water partition coefficient (Wildman–Crippen LogP) is 3.36. The molecule has 1 N–H and O–H groups in total. The summed E-state index contributed by atoms with van der Waals surface area (Å²) in [6.07, 6.45) is 0. The zero-order chi connectivity index (χ0) is 21.7. The Bertz CT molecular complexity index is 1110. The number of halogens is 1. The van der Waals surface area contributed by atoms with Crippen molar-refractivity contribution >= 4 is 45.7 Å². The molecule has 0 spiro atoms. The summed E-state index contributed by atoms with van der Waals surface area (Å²) in [5.41, 5.74) is 0.582. The van der Waals surface area contributed by atoms with Crippen LogP contribution in [0.25, 0.3) is 11.0 Å². The van der Waals surface area contributed by atoms with Gasteiger partial charge < -0.3 is 19.4 Å². The van der Waals surface area contributed by atoms with Crippen LogP contribution in [0.4, 0.5) is 0 Å². The second-order valence-electron chi connectivity index (χ2n) is 6.58. The van der Waals surface area contributed by atoms with Gasteiger partial charge in [0.15, 0.2) is 6.61 Å². The number of hydrogen-bond acceptors (Lipinski definition) is 6. The number of thiophene rings is 1. The summed E-state index contributed by atoms with van der Waals surface area (Å²) < 4.78 is 10.7. The Balaban J connectivity index is 1.61. The minimum Gasteiger partial charge on any atom is -0.482 e. The molecule has 9 heteroatoms. The standard InChI is InChI=1S/C21H21ClN2O5S/c1-3-24(11-19(25)23-10-14-5-4-6-30-14)20(26)12-28-18-9-17-15(8-16(18)22)13(2)7-21(27)29-17/h4-9H,3,10-12H2,1-2H3,(H,23,25). The molecule has 1 aromatic carbocycles. The Morgan fingerprint density at radius 3 is 2.80 bits per heavy atom. The minimum atomic E-state index is -0.477. The van der Waals surface area contributed by atoms with Gasteiger partial charge in [0.05, 0.1) is 18.1 Å². The molecule has 0 aliphatic rings. The van der Waals surface area contributed by atoms with Gasteiger partial charge in [-0.15, -0.1) is 11.3 Å². The third kappa shape index (κ3) is 5.40. The molecule has 3 rings (SSSR count). The van der Waals surface area contributed by atoms with Gasteiger partial charge in [-0.05, 0) is 36.9 Å². The first-order valence-corrected chi connectivity index (χ1v) is 10.6. The van der Waals surface area contributed by atoms with Crippen LogP contribution < -0.4 is 15.7 Å². The quantitative estimate of drug-likeness (QED) is 0.534. The molecular weight excluding hydrogens is 428 g/mol. The number of rotatable bonds is 8. The summed E-state index contributed by atoms with van der Waals surface area (Å²) in [5.74, 6) is -0.380. The molecule has 158 valence electrons. The molecule has 2 aromatic heterocycles. The van der Waals surface area contributed by atoms with Crippen LogP contribution in [0.2, 0.25) is 5.02 Å². The maximum Gasteiger partial charge on any atom is 0.336 e. The van der Waals surface area contributed by atoms with E-state index in [4.69, 9.17) is 20.8 Å². The second-order valence-corrected chi connectivity index (χ2v) is 8.02. The molecule has 0 fully saturated rings. The van der Waals surface area contributed by atoms with Gasteiger partial charge in [0, 0.05) is 28.9 Å². The number of benzene rings is 1. The molecule has 30 heavy (non-hydrogen) atoms. The lowest BCUT2D eigenvalue weighted by molar-refractivity contribution is -0.137. The summed E-state index contributed by atoms with van der Waals surface area (Å²) in [5, 5.41) is 5.71. The summed E-state index contributed by atoms with van der Waals surface area (Å²) in [7, 11) is 0. The largest absolute Gasteiger partial charge is 0.482 e. The first-order chi connectivity index (χ1) is 14.4. The maximum absolute atomic E-state index is 12.5. The van der Waals surface area contributed by atoms with E-state index < -0.39 is 5.63 Å². The maximum atomic E-state index is 12.5. The summed E-state index contributed by atoms with van der Waals surface area (Å²) >= 11 is 7.80. The van der Waals surface area contributed by atoms with Crippen molar-refractivity contribution in [2.45, 2.75) is 20.4 Å². The molecule has 0 atom stereocenters. The van der Waals surface area contributed by atoms with Crippen molar-refractivity contribution in [3.63, 3.8) is 0 Å². The van der Waals surface area contributed by atoms with E-state index in [1.807, 2.05) is 17.5 Å². The molecule has 0 bridgehead atoms. The van der Waals surface area contributed by atoms with E-state index in [2.05, 4.69) is 5.32 Å². The monoisotopic (exact) mass is 448 g/mol. The topological polar surface area (TPSA) is 88.8 Å². The van der Waals surface area contributed by atoms with Gasteiger partial charge >= 0.3 is 5.63 Å². The number of likely N-dealkylation sites (N-methyl/N-ethyl adjacent to an activating group) is 1. The number of nitrogens with zero attached hydrogens (tertiary/aromatic N) is 1. The van der Waals surface area contributed by atoms with Gasteiger partial charge in [-0.1, -0.05) is 17.7 Å². The van der Waals surface area contributed by atoms with Crippen LogP contribution in [-0.4, -0.2) is 36.4 Å². The Kier molecular flexibility index (Phi) is 7.12. The number of nitrogens with one attached hydrogen (secondary N) is 1. The van der Waals surface area contributed by atoms with Crippen molar-refractivity contribution in [2.24, 2.45) is 0 Å². The Labute approximate surface area is 182 Å². The molecule has 0 radical (unpaired) electrons. The molecule has 2 heterocycles. The number of hydrogen-bond donors (Lipinski definition) is 1. The smallest absolute Gasteiger partial charge is 0.336 e. The van der Waals surface area contributed by atoms with Gasteiger partial charge in [0.25, 0.3) is 5.91 Å². The van der Waals surface area contributed by atoms with E-state index in [0.717, 1.165) is 10.4 Å². The third-order valence-electron chi connectivity index (χ3n) is 4.46. The lowest BCUT2D eigenvalue weighted by Crippen LogP contribution is -2.42. The summed E-state index contributed by atoms with van der Waals surface area (Å²) in [4.78, 5) is 38.7. The number of amides is 2. The Morgan fingerprint density at radius 1 is 1.30 bits per heavy atom. The van der Waals surface area contributed by atoms with E-state index in [9.17, 15) is 14.4 Å². The summed E-state index contributed by atoms with van der Waals surface area (Å²) in [6.45, 7) is 3.98.